The highest BCUT2D eigenvalue weighted by atomic mass is 19.4. The van der Waals surface area contributed by atoms with Gasteiger partial charge in [0.15, 0.2) is 0 Å². The van der Waals surface area contributed by atoms with E-state index in [0.717, 1.165) is 0 Å². The maximum atomic E-state index is 13.4. The van der Waals surface area contributed by atoms with Crippen LogP contribution in [0.25, 0.3) is 5.57 Å². The van der Waals surface area contributed by atoms with Crippen LogP contribution in [0, 0.1) is 0 Å². The molecule has 2 aromatic carbocycles. The number of nitrogens with zero attached hydrogens (tertiary/aromatic N) is 1. The first-order valence-electron chi connectivity index (χ1n) is 8.97. The van der Waals surface area contributed by atoms with Gasteiger partial charge < -0.3 is 15.0 Å². The van der Waals surface area contributed by atoms with E-state index in [1.165, 1.54) is 36.4 Å². The first kappa shape index (κ1) is 20.6. The van der Waals surface area contributed by atoms with Crippen molar-refractivity contribution >= 4 is 23.1 Å². The fourth-order valence-electron chi connectivity index (χ4n) is 2.96. The summed E-state index contributed by atoms with van der Waals surface area (Å²) in [5.41, 5.74) is -0.815. The van der Waals surface area contributed by atoms with Crippen LogP contribution in [0.4, 0.5) is 18.9 Å². The van der Waals surface area contributed by atoms with Gasteiger partial charge in [-0.15, -0.1) is 0 Å². The summed E-state index contributed by atoms with van der Waals surface area (Å²) < 4.78 is 45.5. The number of amides is 2. The molecule has 0 bridgehead atoms. The number of rotatable bonds is 4. The van der Waals surface area contributed by atoms with E-state index < -0.39 is 17.7 Å². The van der Waals surface area contributed by atoms with Gasteiger partial charge in [-0.25, -0.2) is 0 Å². The van der Waals surface area contributed by atoms with Crippen molar-refractivity contribution in [3.8, 4) is 0 Å². The zero-order valence-corrected chi connectivity index (χ0v) is 15.4. The van der Waals surface area contributed by atoms with Gasteiger partial charge in [0, 0.05) is 19.2 Å². The second-order valence-corrected chi connectivity index (χ2v) is 6.36. The van der Waals surface area contributed by atoms with Crippen LogP contribution in [0.15, 0.2) is 60.7 Å². The molecule has 1 fully saturated rings. The van der Waals surface area contributed by atoms with E-state index in [-0.39, 0.29) is 22.7 Å². The van der Waals surface area contributed by atoms with Crippen molar-refractivity contribution in [3.05, 3.63) is 71.8 Å². The summed E-state index contributed by atoms with van der Waals surface area (Å²) in [4.78, 5) is 26.7. The van der Waals surface area contributed by atoms with Gasteiger partial charge >= 0.3 is 6.18 Å². The number of carbonyl (C=O) groups is 2. The van der Waals surface area contributed by atoms with E-state index in [2.05, 4.69) is 5.32 Å². The van der Waals surface area contributed by atoms with Crippen molar-refractivity contribution in [2.24, 2.45) is 0 Å². The third-order valence-electron chi connectivity index (χ3n) is 4.38. The summed E-state index contributed by atoms with van der Waals surface area (Å²) in [5.74, 6) is -1.28. The molecule has 1 aliphatic rings. The molecular formula is C21H19F3N2O3. The average Bonchev–Trinajstić information content (AvgIpc) is 2.72. The lowest BCUT2D eigenvalue weighted by molar-refractivity contribution is -0.112. The van der Waals surface area contributed by atoms with Crippen LogP contribution in [-0.4, -0.2) is 49.2 Å². The molecule has 1 aliphatic heterocycles. The summed E-state index contributed by atoms with van der Waals surface area (Å²) >= 11 is 0. The Morgan fingerprint density at radius 2 is 1.59 bits per heavy atom. The maximum absolute atomic E-state index is 13.4. The van der Waals surface area contributed by atoms with Crippen LogP contribution in [0.3, 0.4) is 0 Å². The SMILES string of the molecule is O=C(/C=C(/c1ccccc1)C(F)(F)F)Nc1ccccc1C(=O)N1CCOCC1. The molecule has 1 N–H and O–H groups in total. The monoisotopic (exact) mass is 404 g/mol. The minimum Gasteiger partial charge on any atom is -0.378 e. The minimum atomic E-state index is -4.71. The summed E-state index contributed by atoms with van der Waals surface area (Å²) in [5, 5.41) is 2.41. The van der Waals surface area contributed by atoms with Crippen molar-refractivity contribution in [1.29, 1.82) is 0 Å². The fraction of sp³-hybridized carbons (Fsp3) is 0.238. The van der Waals surface area contributed by atoms with E-state index >= 15 is 0 Å². The number of carbonyl (C=O) groups excluding carboxylic acids is 2. The molecule has 0 spiro atoms. The number of nitrogens with one attached hydrogen (secondary N) is 1. The molecule has 1 heterocycles. The number of hydrogen-bond acceptors (Lipinski definition) is 3. The summed E-state index contributed by atoms with van der Waals surface area (Å²) in [6.07, 6.45) is -4.20. The maximum Gasteiger partial charge on any atom is 0.417 e. The molecule has 0 unspecified atom stereocenters. The Kier molecular flexibility index (Phi) is 6.33. The highest BCUT2D eigenvalue weighted by Crippen LogP contribution is 2.33. The molecular weight excluding hydrogens is 385 g/mol. The van der Waals surface area contributed by atoms with Gasteiger partial charge in [-0.05, 0) is 17.7 Å². The molecule has 0 atom stereocenters. The molecule has 0 radical (unpaired) electrons. The van der Waals surface area contributed by atoms with Gasteiger partial charge in [-0.3, -0.25) is 9.59 Å². The Morgan fingerprint density at radius 3 is 2.24 bits per heavy atom. The van der Waals surface area contributed by atoms with Gasteiger partial charge in [-0.2, -0.15) is 13.2 Å². The lowest BCUT2D eigenvalue weighted by Gasteiger charge is -2.27. The van der Waals surface area contributed by atoms with Crippen LogP contribution in [0.2, 0.25) is 0 Å². The number of allylic oxidation sites excluding steroid dienone is 1. The summed E-state index contributed by atoms with van der Waals surface area (Å²) in [6, 6.07) is 13.3. The molecule has 0 saturated carbocycles. The quantitative estimate of drug-likeness (QED) is 0.790. The molecule has 0 aromatic heterocycles. The molecule has 2 aromatic rings. The summed E-state index contributed by atoms with van der Waals surface area (Å²) in [6.45, 7) is 1.64. The van der Waals surface area contributed by atoms with E-state index in [1.807, 2.05) is 0 Å². The largest absolute Gasteiger partial charge is 0.417 e. The molecule has 152 valence electrons. The van der Waals surface area contributed by atoms with Gasteiger partial charge in [0.2, 0.25) is 5.91 Å². The van der Waals surface area contributed by atoms with Crippen LogP contribution < -0.4 is 5.32 Å². The Bertz CT molecular complexity index is 905. The predicted molar refractivity (Wildman–Crippen MR) is 102 cm³/mol. The first-order chi connectivity index (χ1) is 13.9. The third-order valence-corrected chi connectivity index (χ3v) is 4.38. The zero-order valence-electron chi connectivity index (χ0n) is 15.4. The van der Waals surface area contributed by atoms with Crippen LogP contribution in [0.1, 0.15) is 15.9 Å². The summed E-state index contributed by atoms with van der Waals surface area (Å²) in [7, 11) is 0. The number of halogens is 3. The van der Waals surface area contributed by atoms with Crippen molar-refractivity contribution in [2.75, 3.05) is 31.6 Å². The van der Waals surface area contributed by atoms with Gasteiger partial charge in [0.25, 0.3) is 5.91 Å². The van der Waals surface area contributed by atoms with Crippen molar-refractivity contribution in [1.82, 2.24) is 4.90 Å². The number of benzene rings is 2. The lowest BCUT2D eigenvalue weighted by atomic mass is 10.0. The van der Waals surface area contributed by atoms with Crippen LogP contribution in [0.5, 0.6) is 0 Å². The highest BCUT2D eigenvalue weighted by Gasteiger charge is 2.35. The fourth-order valence-corrected chi connectivity index (χ4v) is 2.96. The van der Waals surface area contributed by atoms with E-state index in [1.54, 1.807) is 23.1 Å². The standard InChI is InChI=1S/C21H19F3N2O3/c22-21(23,24)17(15-6-2-1-3-7-15)14-19(27)25-18-9-5-4-8-16(18)20(28)26-10-12-29-13-11-26/h1-9,14H,10-13H2,(H,25,27)/b17-14-. The third kappa shape index (κ3) is 5.23. The number of anilines is 1. The Hall–Kier alpha value is -3.13. The van der Waals surface area contributed by atoms with Gasteiger partial charge in [0.1, 0.15) is 0 Å². The molecule has 1 saturated heterocycles. The molecule has 2 amide bonds. The van der Waals surface area contributed by atoms with E-state index in [0.29, 0.717) is 32.4 Å². The van der Waals surface area contributed by atoms with E-state index in [9.17, 15) is 22.8 Å². The zero-order chi connectivity index (χ0) is 20.9. The molecule has 3 rings (SSSR count). The second-order valence-electron chi connectivity index (χ2n) is 6.36. The molecule has 5 nitrogen and oxygen atoms in total. The highest BCUT2D eigenvalue weighted by molar-refractivity contribution is 6.09. The van der Waals surface area contributed by atoms with Crippen molar-refractivity contribution < 1.29 is 27.5 Å². The number of alkyl halides is 3. The Morgan fingerprint density at radius 1 is 0.966 bits per heavy atom. The number of ether oxygens (including phenoxy) is 1. The lowest BCUT2D eigenvalue weighted by Crippen LogP contribution is -2.41. The topological polar surface area (TPSA) is 58.6 Å². The minimum absolute atomic E-state index is 0.118. The Labute approximate surface area is 165 Å². The van der Waals surface area contributed by atoms with Gasteiger partial charge in [-0.1, -0.05) is 42.5 Å². The molecule has 29 heavy (non-hydrogen) atoms. The smallest absolute Gasteiger partial charge is 0.378 e. The van der Waals surface area contributed by atoms with Crippen LogP contribution in [-0.2, 0) is 9.53 Å². The predicted octanol–water partition coefficient (Wildman–Crippen LogP) is 3.74. The van der Waals surface area contributed by atoms with Crippen molar-refractivity contribution in [2.45, 2.75) is 6.18 Å². The van der Waals surface area contributed by atoms with E-state index in [4.69, 9.17) is 4.74 Å². The van der Waals surface area contributed by atoms with Gasteiger partial charge in [0.05, 0.1) is 30.0 Å². The first-order valence-corrected chi connectivity index (χ1v) is 8.97. The number of para-hydroxylation sites is 1. The van der Waals surface area contributed by atoms with Crippen LogP contribution >= 0.6 is 0 Å². The second kappa shape index (κ2) is 8.91. The number of morpholine rings is 1. The molecule has 0 aliphatic carbocycles. The number of hydrogen-bond donors (Lipinski definition) is 1. The molecule has 8 heteroatoms. The normalized spacial score (nSPS) is 15.1. The van der Waals surface area contributed by atoms with Crippen molar-refractivity contribution in [3.63, 3.8) is 0 Å². The average molecular weight is 404 g/mol. The Balaban J connectivity index is 1.85.